The van der Waals surface area contributed by atoms with Crippen molar-refractivity contribution in [3.8, 4) is 0 Å². The van der Waals surface area contributed by atoms with Crippen LogP contribution < -0.4 is 0 Å². The Kier molecular flexibility index (Phi) is 2.89. The zero-order chi connectivity index (χ0) is 15.4. The number of epoxide rings is 1. The molecule has 2 aliphatic rings. The van der Waals surface area contributed by atoms with E-state index in [0.29, 0.717) is 23.4 Å². The minimum absolute atomic E-state index is 0.0330. The lowest BCUT2D eigenvalue weighted by atomic mass is 9.77. The van der Waals surface area contributed by atoms with E-state index < -0.39 is 16.9 Å². The van der Waals surface area contributed by atoms with Crippen LogP contribution >= 0.6 is 11.6 Å². The number of benzene rings is 1. The van der Waals surface area contributed by atoms with Crippen LogP contribution in [0.25, 0.3) is 0 Å². The highest BCUT2D eigenvalue weighted by Crippen LogP contribution is 2.62. The maximum Gasteiger partial charge on any atom is 0.153 e. The molecule has 1 aromatic heterocycles. The molecule has 116 valence electrons. The molecule has 7 heteroatoms. The Balaban J connectivity index is 1.80. The largest absolute Gasteiger partial charge is 0.381 e. The topological polar surface area (TPSA) is 63.5 Å². The highest BCUT2D eigenvalue weighted by atomic mass is 35.5. The number of rotatable bonds is 5. The summed E-state index contributed by atoms with van der Waals surface area (Å²) in [5.41, 5.74) is -3.96. The Labute approximate surface area is 131 Å². The molecule has 1 saturated heterocycles. The smallest absolute Gasteiger partial charge is 0.153 e. The van der Waals surface area contributed by atoms with Crippen LogP contribution in [-0.4, -0.2) is 37.7 Å². The van der Waals surface area contributed by atoms with Crippen molar-refractivity contribution >= 4 is 11.6 Å². The molecule has 1 N–H and O–H groups in total. The highest BCUT2D eigenvalue weighted by molar-refractivity contribution is 6.31. The van der Waals surface area contributed by atoms with Gasteiger partial charge in [-0.1, -0.05) is 29.8 Å². The van der Waals surface area contributed by atoms with Crippen LogP contribution in [0.5, 0.6) is 0 Å². The molecule has 2 fully saturated rings. The van der Waals surface area contributed by atoms with E-state index in [1.807, 2.05) is 0 Å². The number of aliphatic hydroxyl groups is 1. The number of halogens is 2. The van der Waals surface area contributed by atoms with Gasteiger partial charge in [0.1, 0.15) is 18.3 Å². The van der Waals surface area contributed by atoms with Crippen LogP contribution in [-0.2, 0) is 16.9 Å². The molecule has 2 unspecified atom stereocenters. The summed E-state index contributed by atoms with van der Waals surface area (Å²) in [6, 6.07) is 7.08. The first kappa shape index (κ1) is 14.1. The SMILES string of the molecule is OC(Cn1cncn1)(C1(F)CC1)C1(c2ccccc2Cl)CO1. The fourth-order valence-electron chi connectivity index (χ4n) is 3.18. The van der Waals surface area contributed by atoms with Crippen LogP contribution in [0, 0.1) is 0 Å². The predicted octanol–water partition coefficient (Wildman–Crippen LogP) is 2.09. The quantitative estimate of drug-likeness (QED) is 0.856. The van der Waals surface area contributed by atoms with Crippen molar-refractivity contribution in [3.63, 3.8) is 0 Å². The van der Waals surface area contributed by atoms with Crippen LogP contribution in [0.15, 0.2) is 36.9 Å². The van der Waals surface area contributed by atoms with Gasteiger partial charge in [-0.15, -0.1) is 0 Å². The third-order valence-corrected chi connectivity index (χ3v) is 5.03. The van der Waals surface area contributed by atoms with Gasteiger partial charge in [0.2, 0.25) is 0 Å². The molecule has 2 heterocycles. The van der Waals surface area contributed by atoms with Gasteiger partial charge < -0.3 is 9.84 Å². The van der Waals surface area contributed by atoms with Gasteiger partial charge in [0, 0.05) is 10.6 Å². The van der Waals surface area contributed by atoms with E-state index in [0.717, 1.165) is 0 Å². The second-order valence-electron chi connectivity index (χ2n) is 6.01. The summed E-state index contributed by atoms with van der Waals surface area (Å²) in [6.07, 6.45) is 3.41. The number of hydrogen-bond acceptors (Lipinski definition) is 4. The van der Waals surface area contributed by atoms with Crippen molar-refractivity contribution in [2.24, 2.45) is 0 Å². The van der Waals surface area contributed by atoms with Crippen molar-refractivity contribution in [2.75, 3.05) is 6.61 Å². The van der Waals surface area contributed by atoms with E-state index in [1.165, 1.54) is 17.3 Å². The number of nitrogens with zero attached hydrogens (tertiary/aromatic N) is 3. The second-order valence-corrected chi connectivity index (χ2v) is 6.42. The molecule has 1 aromatic carbocycles. The summed E-state index contributed by atoms with van der Waals surface area (Å²) < 4.78 is 22.1. The molecule has 1 saturated carbocycles. The summed E-state index contributed by atoms with van der Waals surface area (Å²) in [7, 11) is 0. The monoisotopic (exact) mass is 323 g/mol. The Morgan fingerprint density at radius 1 is 1.41 bits per heavy atom. The Morgan fingerprint density at radius 3 is 2.68 bits per heavy atom. The summed E-state index contributed by atoms with van der Waals surface area (Å²) in [5, 5.41) is 15.8. The van der Waals surface area contributed by atoms with Crippen molar-refractivity contribution in [1.82, 2.24) is 14.8 Å². The van der Waals surface area contributed by atoms with Gasteiger partial charge in [0.15, 0.2) is 11.2 Å². The maximum absolute atomic E-state index is 15.1. The standard InChI is InChI=1S/C15H15ClFN3O2/c16-12-4-2-1-3-11(12)14(8-22-14)15(21,13(17)5-6-13)7-20-10-18-9-19-20/h1-4,9-10,21H,5-8H2. The Bertz CT molecular complexity index is 701. The average molecular weight is 324 g/mol. The predicted molar refractivity (Wildman–Crippen MR) is 77.1 cm³/mol. The molecular formula is C15H15ClFN3O2. The van der Waals surface area contributed by atoms with E-state index in [2.05, 4.69) is 10.1 Å². The molecule has 2 aromatic rings. The second kappa shape index (κ2) is 4.50. The zero-order valence-corrected chi connectivity index (χ0v) is 12.5. The van der Waals surface area contributed by atoms with Crippen molar-refractivity contribution in [2.45, 2.75) is 36.3 Å². The Hall–Kier alpha value is -1.50. The van der Waals surface area contributed by atoms with Crippen molar-refractivity contribution < 1.29 is 14.2 Å². The number of hydrogen-bond donors (Lipinski definition) is 1. The molecule has 1 aliphatic heterocycles. The maximum atomic E-state index is 15.1. The van der Waals surface area contributed by atoms with Crippen LogP contribution in [0.3, 0.4) is 0 Å². The lowest BCUT2D eigenvalue weighted by Crippen LogP contribution is -2.56. The molecule has 0 amide bonds. The van der Waals surface area contributed by atoms with E-state index in [1.54, 1.807) is 24.3 Å². The van der Waals surface area contributed by atoms with E-state index in [4.69, 9.17) is 16.3 Å². The van der Waals surface area contributed by atoms with Gasteiger partial charge in [-0.3, -0.25) is 0 Å². The molecule has 0 spiro atoms. The number of aromatic nitrogens is 3. The third-order valence-electron chi connectivity index (χ3n) is 4.70. The molecule has 0 radical (unpaired) electrons. The van der Waals surface area contributed by atoms with Crippen molar-refractivity contribution in [3.05, 3.63) is 47.5 Å². The summed E-state index contributed by atoms with van der Waals surface area (Å²) in [5.74, 6) is 0. The lowest BCUT2D eigenvalue weighted by molar-refractivity contribution is -0.123. The molecule has 0 bridgehead atoms. The van der Waals surface area contributed by atoms with Gasteiger partial charge in [0.25, 0.3) is 0 Å². The van der Waals surface area contributed by atoms with E-state index >= 15 is 4.39 Å². The van der Waals surface area contributed by atoms with Gasteiger partial charge in [0.05, 0.1) is 13.2 Å². The van der Waals surface area contributed by atoms with Crippen molar-refractivity contribution in [1.29, 1.82) is 0 Å². The summed E-state index contributed by atoms with van der Waals surface area (Å²) >= 11 is 6.26. The fraction of sp³-hybridized carbons (Fsp3) is 0.467. The highest BCUT2D eigenvalue weighted by Gasteiger charge is 2.75. The average Bonchev–Trinajstić information content (AvgIpc) is 3.40. The number of alkyl halides is 1. The fourth-order valence-corrected chi connectivity index (χ4v) is 3.47. The Morgan fingerprint density at radius 2 is 2.14 bits per heavy atom. The normalized spacial score (nSPS) is 28.1. The van der Waals surface area contributed by atoms with Gasteiger partial charge in [-0.2, -0.15) is 5.10 Å². The van der Waals surface area contributed by atoms with Gasteiger partial charge in [-0.25, -0.2) is 14.1 Å². The number of ether oxygens (including phenoxy) is 1. The van der Waals surface area contributed by atoms with Gasteiger partial charge in [-0.05, 0) is 18.9 Å². The van der Waals surface area contributed by atoms with Crippen LogP contribution in [0.1, 0.15) is 18.4 Å². The molecule has 2 atom stereocenters. The van der Waals surface area contributed by atoms with Crippen LogP contribution in [0.4, 0.5) is 4.39 Å². The minimum atomic E-state index is -1.74. The third kappa shape index (κ3) is 1.84. The first-order chi connectivity index (χ1) is 10.5. The van der Waals surface area contributed by atoms with E-state index in [-0.39, 0.29) is 13.2 Å². The zero-order valence-electron chi connectivity index (χ0n) is 11.7. The first-order valence-corrected chi connectivity index (χ1v) is 7.51. The molecule has 22 heavy (non-hydrogen) atoms. The molecular weight excluding hydrogens is 309 g/mol. The van der Waals surface area contributed by atoms with Gasteiger partial charge >= 0.3 is 0 Å². The summed E-state index contributed by atoms with van der Waals surface area (Å²) in [4.78, 5) is 3.85. The molecule has 4 rings (SSSR count). The first-order valence-electron chi connectivity index (χ1n) is 7.13. The molecule has 5 nitrogen and oxygen atoms in total. The lowest BCUT2D eigenvalue weighted by Gasteiger charge is -2.37. The van der Waals surface area contributed by atoms with E-state index in [9.17, 15) is 5.11 Å². The molecule has 1 aliphatic carbocycles. The minimum Gasteiger partial charge on any atom is -0.381 e. The summed E-state index contributed by atoms with van der Waals surface area (Å²) in [6.45, 7) is 0.197. The van der Waals surface area contributed by atoms with Crippen LogP contribution in [0.2, 0.25) is 5.02 Å².